The molecule has 0 fully saturated rings. The monoisotopic (exact) mass is 182 g/mol. The molecule has 0 unspecified atom stereocenters. The van der Waals surface area contributed by atoms with Gasteiger partial charge in [-0.05, 0) is 0 Å². The van der Waals surface area contributed by atoms with E-state index >= 15 is 0 Å². The average molecular weight is 182 g/mol. The Morgan fingerprint density at radius 3 is 2.77 bits per heavy atom. The van der Waals surface area contributed by atoms with Gasteiger partial charge in [0.05, 0.1) is 19.2 Å². The maximum atomic E-state index is 11.0. The third-order valence-corrected chi connectivity index (χ3v) is 1.81. The van der Waals surface area contributed by atoms with Gasteiger partial charge in [0.2, 0.25) is 0 Å². The first-order chi connectivity index (χ1) is 6.15. The number of methoxy groups -OCH3 is 1. The highest BCUT2D eigenvalue weighted by Gasteiger charge is 2.14. The summed E-state index contributed by atoms with van der Waals surface area (Å²) in [4.78, 5) is 15.3. The van der Waals surface area contributed by atoms with Gasteiger partial charge in [-0.1, -0.05) is 13.8 Å². The number of ether oxygens (including phenoxy) is 1. The molecule has 0 spiro atoms. The van der Waals surface area contributed by atoms with Gasteiger partial charge >= 0.3 is 5.97 Å². The number of aliphatic imine (C=N–C) groups is 1. The maximum Gasteiger partial charge on any atom is 0.337 e. The molecule has 1 N–H and O–H groups in total. The van der Waals surface area contributed by atoms with Gasteiger partial charge in [-0.25, -0.2) is 4.79 Å². The minimum atomic E-state index is -0.320. The van der Waals surface area contributed by atoms with Crippen LogP contribution in [-0.2, 0) is 9.53 Å². The first-order valence-corrected chi connectivity index (χ1v) is 4.23. The van der Waals surface area contributed by atoms with E-state index in [4.69, 9.17) is 0 Å². The van der Waals surface area contributed by atoms with E-state index in [9.17, 15) is 4.79 Å². The molecule has 0 radical (unpaired) electrons. The lowest BCUT2D eigenvalue weighted by atomic mass is 10.1. The molecule has 0 amide bonds. The van der Waals surface area contributed by atoms with Crippen LogP contribution >= 0.6 is 0 Å². The van der Waals surface area contributed by atoms with Gasteiger partial charge in [-0.2, -0.15) is 0 Å². The highest BCUT2D eigenvalue weighted by molar-refractivity contribution is 5.93. The summed E-state index contributed by atoms with van der Waals surface area (Å²) >= 11 is 0. The number of rotatable bonds is 2. The van der Waals surface area contributed by atoms with Gasteiger partial charge in [0, 0.05) is 12.1 Å². The molecule has 13 heavy (non-hydrogen) atoms. The lowest BCUT2D eigenvalue weighted by Crippen LogP contribution is -2.29. The van der Waals surface area contributed by atoms with E-state index in [2.05, 4.69) is 15.0 Å². The number of amidine groups is 1. The number of nitrogens with zero attached hydrogens (tertiary/aromatic N) is 1. The molecule has 4 heteroatoms. The number of carbonyl (C=O) groups excluding carboxylic acids is 1. The highest BCUT2D eigenvalue weighted by atomic mass is 16.5. The SMILES string of the molecule is COC(=O)C1=CNC(C(C)C)=NC1. The number of hydrogen-bond acceptors (Lipinski definition) is 4. The molecule has 0 aromatic rings. The summed E-state index contributed by atoms with van der Waals surface area (Å²) in [6, 6.07) is 0. The maximum absolute atomic E-state index is 11.0. The molecule has 0 aromatic carbocycles. The number of carbonyl (C=O) groups is 1. The summed E-state index contributed by atoms with van der Waals surface area (Å²) in [7, 11) is 1.37. The van der Waals surface area contributed by atoms with Crippen LogP contribution < -0.4 is 5.32 Å². The summed E-state index contributed by atoms with van der Waals surface area (Å²) in [6.07, 6.45) is 1.66. The quantitative estimate of drug-likeness (QED) is 0.639. The minimum Gasteiger partial charge on any atom is -0.466 e. The molecule has 0 saturated carbocycles. The predicted octanol–water partition coefficient (Wildman–Crippen LogP) is 0.701. The zero-order valence-electron chi connectivity index (χ0n) is 8.13. The van der Waals surface area contributed by atoms with Crippen molar-refractivity contribution in [2.45, 2.75) is 13.8 Å². The first kappa shape index (κ1) is 9.77. The largest absolute Gasteiger partial charge is 0.466 e. The molecule has 1 aliphatic rings. The Hall–Kier alpha value is -1.32. The van der Waals surface area contributed by atoms with Crippen molar-refractivity contribution in [1.82, 2.24) is 5.32 Å². The van der Waals surface area contributed by atoms with Crippen LogP contribution in [-0.4, -0.2) is 25.5 Å². The molecule has 1 rings (SSSR count). The standard InChI is InChI=1S/C9H14N2O2/c1-6(2)8-10-4-7(5-11-8)9(12)13-3/h4,6H,5H2,1-3H3,(H,10,11). The normalized spacial score (nSPS) is 16.0. The van der Waals surface area contributed by atoms with Gasteiger partial charge in [0.15, 0.2) is 0 Å². The lowest BCUT2D eigenvalue weighted by Gasteiger charge is -2.15. The van der Waals surface area contributed by atoms with Gasteiger partial charge in [0.25, 0.3) is 0 Å². The van der Waals surface area contributed by atoms with Gasteiger partial charge in [0.1, 0.15) is 5.84 Å². The fourth-order valence-corrected chi connectivity index (χ4v) is 1.03. The zero-order valence-corrected chi connectivity index (χ0v) is 8.13. The van der Waals surface area contributed by atoms with Crippen molar-refractivity contribution < 1.29 is 9.53 Å². The summed E-state index contributed by atoms with van der Waals surface area (Å²) in [5.41, 5.74) is 0.562. The van der Waals surface area contributed by atoms with Gasteiger partial charge in [-0.15, -0.1) is 0 Å². The van der Waals surface area contributed by atoms with E-state index in [1.165, 1.54) is 7.11 Å². The van der Waals surface area contributed by atoms with Crippen LogP contribution in [0.3, 0.4) is 0 Å². The smallest absolute Gasteiger partial charge is 0.337 e. The molecule has 1 aliphatic heterocycles. The summed E-state index contributed by atoms with van der Waals surface area (Å²) in [5, 5.41) is 2.97. The van der Waals surface area contributed by atoms with Crippen molar-refractivity contribution in [2.75, 3.05) is 13.7 Å². The van der Waals surface area contributed by atoms with Crippen LogP contribution in [0.4, 0.5) is 0 Å². The predicted molar refractivity (Wildman–Crippen MR) is 50.4 cm³/mol. The molecule has 0 atom stereocenters. The Balaban J connectivity index is 2.58. The molecule has 72 valence electrons. The zero-order chi connectivity index (χ0) is 9.84. The second-order valence-corrected chi connectivity index (χ2v) is 3.16. The molecule has 0 saturated heterocycles. The van der Waals surface area contributed by atoms with E-state index in [1.54, 1.807) is 6.20 Å². The summed E-state index contributed by atoms with van der Waals surface area (Å²) in [6.45, 7) is 4.50. The van der Waals surface area contributed by atoms with Crippen LogP contribution in [0.1, 0.15) is 13.8 Å². The Morgan fingerprint density at radius 1 is 1.69 bits per heavy atom. The fourth-order valence-electron chi connectivity index (χ4n) is 1.03. The van der Waals surface area contributed by atoms with Crippen molar-refractivity contribution in [1.29, 1.82) is 0 Å². The van der Waals surface area contributed by atoms with Crippen molar-refractivity contribution in [3.05, 3.63) is 11.8 Å². The van der Waals surface area contributed by atoms with Crippen molar-refractivity contribution in [2.24, 2.45) is 10.9 Å². The Morgan fingerprint density at radius 2 is 2.38 bits per heavy atom. The fraction of sp³-hybridized carbons (Fsp3) is 0.556. The first-order valence-electron chi connectivity index (χ1n) is 4.23. The minimum absolute atomic E-state index is 0.320. The lowest BCUT2D eigenvalue weighted by molar-refractivity contribution is -0.136. The van der Waals surface area contributed by atoms with E-state index in [0.29, 0.717) is 18.0 Å². The molecular weight excluding hydrogens is 168 g/mol. The topological polar surface area (TPSA) is 50.7 Å². The van der Waals surface area contributed by atoms with E-state index in [1.807, 2.05) is 13.8 Å². The summed E-state index contributed by atoms with van der Waals surface area (Å²) in [5.74, 6) is 0.946. The van der Waals surface area contributed by atoms with Crippen molar-refractivity contribution >= 4 is 11.8 Å². The molecule has 0 bridgehead atoms. The van der Waals surface area contributed by atoms with Crippen LogP contribution in [0.2, 0.25) is 0 Å². The molecule has 4 nitrogen and oxygen atoms in total. The van der Waals surface area contributed by atoms with E-state index in [-0.39, 0.29) is 5.97 Å². The Bertz CT molecular complexity index is 267. The molecular formula is C9H14N2O2. The Labute approximate surface area is 77.7 Å². The number of esters is 1. The van der Waals surface area contributed by atoms with Crippen molar-refractivity contribution in [3.63, 3.8) is 0 Å². The van der Waals surface area contributed by atoms with Crippen LogP contribution in [0.25, 0.3) is 0 Å². The van der Waals surface area contributed by atoms with E-state index < -0.39 is 0 Å². The number of nitrogens with one attached hydrogen (secondary N) is 1. The average Bonchev–Trinajstić information content (AvgIpc) is 2.17. The molecule has 0 aromatic heterocycles. The molecule has 1 heterocycles. The third kappa shape index (κ3) is 2.31. The van der Waals surface area contributed by atoms with Crippen LogP contribution in [0.5, 0.6) is 0 Å². The van der Waals surface area contributed by atoms with Crippen LogP contribution in [0, 0.1) is 5.92 Å². The van der Waals surface area contributed by atoms with Gasteiger partial charge in [-0.3, -0.25) is 4.99 Å². The molecule has 0 aliphatic carbocycles. The summed E-state index contributed by atoms with van der Waals surface area (Å²) < 4.78 is 4.57. The van der Waals surface area contributed by atoms with Gasteiger partial charge < -0.3 is 10.1 Å². The number of hydrogen-bond donors (Lipinski definition) is 1. The van der Waals surface area contributed by atoms with Crippen molar-refractivity contribution in [3.8, 4) is 0 Å². The Kier molecular flexibility index (Phi) is 3.06. The van der Waals surface area contributed by atoms with E-state index in [0.717, 1.165) is 5.84 Å². The van der Waals surface area contributed by atoms with Crippen LogP contribution in [0.15, 0.2) is 16.8 Å². The second-order valence-electron chi connectivity index (χ2n) is 3.16. The highest BCUT2D eigenvalue weighted by Crippen LogP contribution is 2.05. The third-order valence-electron chi connectivity index (χ3n) is 1.81. The second kappa shape index (κ2) is 4.07.